The fourth-order valence-electron chi connectivity index (χ4n) is 2.96. The molecule has 0 spiro atoms. The molecule has 0 amide bonds. The molecule has 2 saturated heterocycles. The number of rotatable bonds is 3. The molecule has 6 heteroatoms. The average molecular weight is 309 g/mol. The Labute approximate surface area is 125 Å². The Balaban J connectivity index is 1.74. The Morgan fingerprint density at radius 3 is 2.05 bits per heavy atom. The molecule has 106 valence electrons. The number of fused-ring (bicyclic) bond motifs is 1. The lowest BCUT2D eigenvalue weighted by atomic mass is 10.0. The standard InChI is InChI=1S/C14H15NO3S2/c16-7-14-8-17-12(10-1-3-19-5-10)15(14)13(18-9-14)11-2-4-20-6-11/h1-6,12-13,16H,7-9H2/t12-,13-/m1/s1. The van der Waals surface area contributed by atoms with Crippen molar-refractivity contribution in [3.8, 4) is 0 Å². The number of hydrogen-bond donors (Lipinski definition) is 1. The van der Waals surface area contributed by atoms with Crippen LogP contribution < -0.4 is 0 Å². The van der Waals surface area contributed by atoms with Crippen LogP contribution in [0.2, 0.25) is 0 Å². The van der Waals surface area contributed by atoms with Gasteiger partial charge in [0.05, 0.1) is 25.4 Å². The number of thiophene rings is 2. The van der Waals surface area contributed by atoms with Gasteiger partial charge in [-0.25, -0.2) is 4.90 Å². The number of hydrogen-bond acceptors (Lipinski definition) is 6. The molecular formula is C14H15NO3S2. The fourth-order valence-corrected chi connectivity index (χ4v) is 4.29. The van der Waals surface area contributed by atoms with Gasteiger partial charge in [0.15, 0.2) is 0 Å². The second-order valence-corrected chi connectivity index (χ2v) is 6.79. The summed E-state index contributed by atoms with van der Waals surface area (Å²) >= 11 is 3.32. The van der Waals surface area contributed by atoms with Gasteiger partial charge in [-0.15, -0.1) is 0 Å². The predicted molar refractivity (Wildman–Crippen MR) is 77.7 cm³/mol. The summed E-state index contributed by atoms with van der Waals surface area (Å²) in [5.41, 5.74) is 1.85. The first-order valence-electron chi connectivity index (χ1n) is 6.51. The summed E-state index contributed by atoms with van der Waals surface area (Å²) in [6.07, 6.45) is -0.276. The number of nitrogens with zero attached hydrogens (tertiary/aromatic N) is 1. The minimum atomic E-state index is -0.417. The lowest BCUT2D eigenvalue weighted by Crippen LogP contribution is -2.47. The fraction of sp³-hybridized carbons (Fsp3) is 0.429. The maximum Gasteiger partial charge on any atom is 0.140 e. The van der Waals surface area contributed by atoms with Crippen molar-refractivity contribution >= 4 is 22.7 Å². The van der Waals surface area contributed by atoms with Crippen molar-refractivity contribution in [2.45, 2.75) is 18.0 Å². The van der Waals surface area contributed by atoms with E-state index in [1.807, 2.05) is 10.8 Å². The summed E-state index contributed by atoms with van der Waals surface area (Å²) in [6.45, 7) is 1.06. The molecule has 4 heterocycles. The van der Waals surface area contributed by atoms with Crippen LogP contribution in [0.25, 0.3) is 0 Å². The zero-order valence-corrected chi connectivity index (χ0v) is 12.4. The van der Waals surface area contributed by atoms with E-state index in [0.29, 0.717) is 13.2 Å². The van der Waals surface area contributed by atoms with Gasteiger partial charge in [-0.1, -0.05) is 0 Å². The van der Waals surface area contributed by atoms with Gasteiger partial charge in [-0.2, -0.15) is 22.7 Å². The molecule has 2 aliphatic heterocycles. The van der Waals surface area contributed by atoms with Gasteiger partial charge >= 0.3 is 0 Å². The van der Waals surface area contributed by atoms with Crippen LogP contribution >= 0.6 is 22.7 Å². The van der Waals surface area contributed by atoms with E-state index in [4.69, 9.17) is 9.47 Å². The molecule has 2 aromatic rings. The monoisotopic (exact) mass is 309 g/mol. The van der Waals surface area contributed by atoms with Gasteiger partial charge < -0.3 is 14.6 Å². The SMILES string of the molecule is OCC12CO[C@H](c3ccsc3)N1[C@@H](c1ccsc1)OC2. The quantitative estimate of drug-likeness (QED) is 0.946. The summed E-state index contributed by atoms with van der Waals surface area (Å²) in [6, 6.07) is 4.15. The maximum absolute atomic E-state index is 9.86. The highest BCUT2D eigenvalue weighted by Crippen LogP contribution is 2.49. The molecule has 4 nitrogen and oxygen atoms in total. The summed E-state index contributed by atoms with van der Waals surface area (Å²) < 4.78 is 12.0. The molecule has 0 bridgehead atoms. The van der Waals surface area contributed by atoms with Gasteiger partial charge in [-0.3, -0.25) is 0 Å². The molecule has 0 radical (unpaired) electrons. The first-order chi connectivity index (χ1) is 9.84. The van der Waals surface area contributed by atoms with Crippen molar-refractivity contribution in [3.63, 3.8) is 0 Å². The molecule has 0 unspecified atom stereocenters. The van der Waals surface area contributed by atoms with Gasteiger partial charge in [-0.05, 0) is 33.7 Å². The van der Waals surface area contributed by atoms with Gasteiger partial charge in [0.2, 0.25) is 0 Å². The molecule has 2 aromatic heterocycles. The van der Waals surface area contributed by atoms with Crippen molar-refractivity contribution in [2.75, 3.05) is 19.8 Å². The van der Waals surface area contributed by atoms with E-state index in [1.54, 1.807) is 22.7 Å². The van der Waals surface area contributed by atoms with E-state index in [2.05, 4.69) is 27.8 Å². The highest BCUT2D eigenvalue weighted by molar-refractivity contribution is 7.08. The molecule has 0 aromatic carbocycles. The van der Waals surface area contributed by atoms with Crippen LogP contribution in [-0.4, -0.2) is 35.4 Å². The zero-order chi connectivity index (χ0) is 13.6. The molecule has 4 rings (SSSR count). The molecular weight excluding hydrogens is 294 g/mol. The second-order valence-electron chi connectivity index (χ2n) is 5.23. The van der Waals surface area contributed by atoms with E-state index in [1.165, 1.54) is 0 Å². The van der Waals surface area contributed by atoms with Crippen LogP contribution in [-0.2, 0) is 9.47 Å². The lowest BCUT2D eigenvalue weighted by molar-refractivity contribution is -0.0626. The molecule has 1 N–H and O–H groups in total. The average Bonchev–Trinajstić information content (AvgIpc) is 3.22. The third-order valence-electron chi connectivity index (χ3n) is 4.02. The topological polar surface area (TPSA) is 41.9 Å². The van der Waals surface area contributed by atoms with E-state index in [9.17, 15) is 5.11 Å². The Kier molecular flexibility index (Phi) is 3.17. The van der Waals surface area contributed by atoms with E-state index >= 15 is 0 Å². The molecule has 0 aliphatic carbocycles. The lowest BCUT2D eigenvalue weighted by Gasteiger charge is -2.32. The third-order valence-corrected chi connectivity index (χ3v) is 5.43. The Bertz CT molecular complexity index is 523. The van der Waals surface area contributed by atoms with Crippen LogP contribution in [0.4, 0.5) is 0 Å². The van der Waals surface area contributed by atoms with Crippen molar-refractivity contribution in [2.24, 2.45) is 0 Å². The van der Waals surface area contributed by atoms with Crippen LogP contribution in [0.5, 0.6) is 0 Å². The van der Waals surface area contributed by atoms with Crippen molar-refractivity contribution in [1.29, 1.82) is 0 Å². The highest BCUT2D eigenvalue weighted by atomic mass is 32.1. The van der Waals surface area contributed by atoms with Crippen LogP contribution in [0, 0.1) is 0 Å². The van der Waals surface area contributed by atoms with Crippen LogP contribution in [0.15, 0.2) is 33.7 Å². The van der Waals surface area contributed by atoms with Gasteiger partial charge in [0.1, 0.15) is 12.5 Å². The minimum Gasteiger partial charge on any atom is -0.394 e. The highest BCUT2D eigenvalue weighted by Gasteiger charge is 2.56. The zero-order valence-electron chi connectivity index (χ0n) is 10.8. The maximum atomic E-state index is 9.86. The van der Waals surface area contributed by atoms with Crippen molar-refractivity contribution in [3.05, 3.63) is 44.8 Å². The van der Waals surface area contributed by atoms with Gasteiger partial charge in [0.25, 0.3) is 0 Å². The Morgan fingerprint density at radius 1 is 1.10 bits per heavy atom. The molecule has 2 aliphatic rings. The normalized spacial score (nSPS) is 28.9. The molecule has 20 heavy (non-hydrogen) atoms. The van der Waals surface area contributed by atoms with E-state index < -0.39 is 5.54 Å². The number of aliphatic hydroxyl groups excluding tert-OH is 1. The summed E-state index contributed by atoms with van der Waals surface area (Å²) in [7, 11) is 0. The minimum absolute atomic E-state index is 0.0499. The van der Waals surface area contributed by atoms with Crippen LogP contribution in [0.1, 0.15) is 23.6 Å². The predicted octanol–water partition coefficient (Wildman–Crippen LogP) is 2.60. The van der Waals surface area contributed by atoms with Crippen molar-refractivity contribution in [1.82, 2.24) is 4.90 Å². The summed E-state index contributed by atoms with van der Waals surface area (Å²) in [5, 5.41) is 18.2. The van der Waals surface area contributed by atoms with Crippen molar-refractivity contribution < 1.29 is 14.6 Å². The summed E-state index contributed by atoms with van der Waals surface area (Å²) in [4.78, 5) is 2.19. The van der Waals surface area contributed by atoms with E-state index in [-0.39, 0.29) is 19.1 Å². The molecule has 0 saturated carbocycles. The first kappa shape index (κ1) is 12.9. The first-order valence-corrected chi connectivity index (χ1v) is 8.39. The van der Waals surface area contributed by atoms with Crippen LogP contribution in [0.3, 0.4) is 0 Å². The molecule has 2 fully saturated rings. The van der Waals surface area contributed by atoms with Gasteiger partial charge in [0, 0.05) is 11.1 Å². The Morgan fingerprint density at radius 2 is 1.65 bits per heavy atom. The largest absolute Gasteiger partial charge is 0.394 e. The number of aliphatic hydroxyl groups is 1. The second kappa shape index (κ2) is 4.91. The smallest absolute Gasteiger partial charge is 0.140 e. The third kappa shape index (κ3) is 1.80. The Hall–Kier alpha value is -0.760. The number of ether oxygens (including phenoxy) is 2. The molecule has 2 atom stereocenters. The summed E-state index contributed by atoms with van der Waals surface area (Å²) in [5.74, 6) is 0. The van der Waals surface area contributed by atoms with E-state index in [0.717, 1.165) is 11.1 Å².